The van der Waals surface area contributed by atoms with Crippen LogP contribution in [0, 0.1) is 10.5 Å². The summed E-state index contributed by atoms with van der Waals surface area (Å²) in [6, 6.07) is 6.29. The van der Waals surface area contributed by atoms with Crippen LogP contribution >= 0.6 is 38.5 Å². The second-order valence-electron chi connectivity index (χ2n) is 4.97. The maximum absolute atomic E-state index is 6.42. The van der Waals surface area contributed by atoms with Crippen LogP contribution < -0.4 is 5.73 Å². The zero-order chi connectivity index (χ0) is 14.9. The molecule has 1 atom stereocenters. The first kappa shape index (κ1) is 16.0. The molecule has 0 fully saturated rings. The van der Waals surface area contributed by atoms with Crippen molar-refractivity contribution in [3.05, 3.63) is 48.8 Å². The van der Waals surface area contributed by atoms with Gasteiger partial charge in [-0.25, -0.2) is 0 Å². The van der Waals surface area contributed by atoms with Crippen LogP contribution in [0.25, 0.3) is 0 Å². The molecule has 5 heteroatoms. The summed E-state index contributed by atoms with van der Waals surface area (Å²) in [6.45, 7) is 4.23. The molecule has 1 unspecified atom stereocenters. The van der Waals surface area contributed by atoms with Gasteiger partial charge in [0, 0.05) is 23.1 Å². The Morgan fingerprint density at radius 2 is 2.15 bits per heavy atom. The average Bonchev–Trinajstić information content (AvgIpc) is 2.69. The number of nitrogens with two attached hydrogens (primary N) is 1. The van der Waals surface area contributed by atoms with E-state index in [0.717, 1.165) is 28.7 Å². The molecule has 108 valence electrons. The second kappa shape index (κ2) is 6.58. The van der Waals surface area contributed by atoms with Crippen molar-refractivity contribution < 1.29 is 0 Å². The van der Waals surface area contributed by atoms with E-state index in [2.05, 4.69) is 75.7 Å². The maximum atomic E-state index is 6.42. The number of hydrogen-bond donors (Lipinski definition) is 1. The van der Waals surface area contributed by atoms with E-state index in [4.69, 9.17) is 5.73 Å². The molecule has 1 aromatic heterocycles. The minimum Gasteiger partial charge on any atom is -0.324 e. The average molecular weight is 448 g/mol. The van der Waals surface area contributed by atoms with Crippen LogP contribution in [0.2, 0.25) is 0 Å². The summed E-state index contributed by atoms with van der Waals surface area (Å²) in [4.78, 5) is 0. The monoisotopic (exact) mass is 447 g/mol. The van der Waals surface area contributed by atoms with Crippen LogP contribution in [0.3, 0.4) is 0 Å². The zero-order valence-electron chi connectivity index (χ0n) is 12.0. The van der Waals surface area contributed by atoms with Gasteiger partial charge in [0.25, 0.3) is 0 Å². The van der Waals surface area contributed by atoms with Crippen molar-refractivity contribution in [2.24, 2.45) is 12.8 Å². The Morgan fingerprint density at radius 3 is 2.75 bits per heavy atom. The maximum Gasteiger partial charge on any atom is 0.0766 e. The van der Waals surface area contributed by atoms with Gasteiger partial charge in [0.15, 0.2) is 0 Å². The quantitative estimate of drug-likeness (QED) is 0.722. The topological polar surface area (TPSA) is 43.8 Å². The first-order valence-corrected chi connectivity index (χ1v) is 8.53. The largest absolute Gasteiger partial charge is 0.324 e. The molecule has 0 saturated heterocycles. The second-order valence-corrected chi connectivity index (χ2v) is 6.85. The SMILES string of the molecule is CCc1nn(C)c(CC(N)c2cccc(C)c2I)c1Br. The van der Waals surface area contributed by atoms with E-state index >= 15 is 0 Å². The molecular weight excluding hydrogens is 429 g/mol. The Kier molecular flexibility index (Phi) is 5.25. The third kappa shape index (κ3) is 3.09. The van der Waals surface area contributed by atoms with E-state index < -0.39 is 0 Å². The predicted molar refractivity (Wildman–Crippen MR) is 94.8 cm³/mol. The molecule has 0 aliphatic rings. The minimum atomic E-state index is -0.0155. The zero-order valence-corrected chi connectivity index (χ0v) is 15.7. The summed E-state index contributed by atoms with van der Waals surface area (Å²) in [5.41, 5.74) is 11.1. The van der Waals surface area contributed by atoms with Gasteiger partial charge in [0.05, 0.1) is 15.9 Å². The summed E-state index contributed by atoms with van der Waals surface area (Å²) in [7, 11) is 1.98. The van der Waals surface area contributed by atoms with Crippen molar-refractivity contribution in [3.63, 3.8) is 0 Å². The van der Waals surface area contributed by atoms with Crippen LogP contribution in [-0.2, 0) is 19.9 Å². The van der Waals surface area contributed by atoms with Crippen LogP contribution in [0.4, 0.5) is 0 Å². The van der Waals surface area contributed by atoms with Gasteiger partial charge in [-0.05, 0) is 63.0 Å². The van der Waals surface area contributed by atoms with Gasteiger partial charge in [0.1, 0.15) is 0 Å². The van der Waals surface area contributed by atoms with Gasteiger partial charge in [-0.15, -0.1) is 0 Å². The highest BCUT2D eigenvalue weighted by Crippen LogP contribution is 2.28. The van der Waals surface area contributed by atoms with Gasteiger partial charge in [-0.3, -0.25) is 4.68 Å². The number of rotatable bonds is 4. The van der Waals surface area contributed by atoms with Crippen molar-refractivity contribution in [1.82, 2.24) is 9.78 Å². The smallest absolute Gasteiger partial charge is 0.0766 e. The lowest BCUT2D eigenvalue weighted by molar-refractivity contribution is 0.635. The fraction of sp³-hybridized carbons (Fsp3) is 0.400. The molecule has 3 nitrogen and oxygen atoms in total. The van der Waals surface area contributed by atoms with Gasteiger partial charge in [-0.2, -0.15) is 5.10 Å². The molecule has 1 heterocycles. The normalized spacial score (nSPS) is 12.7. The van der Waals surface area contributed by atoms with Crippen molar-refractivity contribution in [3.8, 4) is 0 Å². The molecule has 2 N–H and O–H groups in total. The van der Waals surface area contributed by atoms with Crippen LogP contribution in [0.15, 0.2) is 22.7 Å². The Morgan fingerprint density at radius 1 is 1.45 bits per heavy atom. The molecule has 0 bridgehead atoms. The number of aryl methyl sites for hydroxylation is 3. The summed E-state index contributed by atoms with van der Waals surface area (Å²) in [6.07, 6.45) is 1.70. The first-order chi connectivity index (χ1) is 9.45. The van der Waals surface area contributed by atoms with E-state index in [9.17, 15) is 0 Å². The number of nitrogens with zero attached hydrogens (tertiary/aromatic N) is 2. The molecule has 0 saturated carbocycles. The molecule has 2 aromatic rings. The van der Waals surface area contributed by atoms with Gasteiger partial charge < -0.3 is 5.73 Å². The molecule has 0 aliphatic heterocycles. The molecule has 20 heavy (non-hydrogen) atoms. The number of halogens is 2. The minimum absolute atomic E-state index is 0.0155. The summed E-state index contributed by atoms with van der Waals surface area (Å²) in [5, 5.41) is 4.53. The van der Waals surface area contributed by atoms with Gasteiger partial charge >= 0.3 is 0 Å². The lowest BCUT2D eigenvalue weighted by atomic mass is 10.0. The summed E-state index contributed by atoms with van der Waals surface area (Å²) >= 11 is 6.03. The van der Waals surface area contributed by atoms with Crippen LogP contribution in [0.1, 0.15) is 35.5 Å². The molecule has 0 aliphatic carbocycles. The van der Waals surface area contributed by atoms with E-state index in [1.165, 1.54) is 14.7 Å². The number of benzene rings is 1. The highest BCUT2D eigenvalue weighted by Gasteiger charge is 2.18. The van der Waals surface area contributed by atoms with Crippen molar-refractivity contribution in [1.29, 1.82) is 0 Å². The van der Waals surface area contributed by atoms with E-state index in [0.29, 0.717) is 0 Å². The van der Waals surface area contributed by atoms with Gasteiger partial charge in [0.2, 0.25) is 0 Å². The Labute approximate surface area is 142 Å². The lowest BCUT2D eigenvalue weighted by Gasteiger charge is -2.15. The first-order valence-electron chi connectivity index (χ1n) is 6.66. The van der Waals surface area contributed by atoms with E-state index in [-0.39, 0.29) is 6.04 Å². The standard InChI is InChI=1S/C15H19BrIN3/c1-4-12-14(16)13(20(3)19-12)8-11(18)10-7-5-6-9(2)15(10)17/h5-7,11H,4,8,18H2,1-3H3. The summed E-state index contributed by atoms with van der Waals surface area (Å²) in [5.74, 6) is 0. The molecule has 2 rings (SSSR count). The Balaban J connectivity index is 2.30. The van der Waals surface area contributed by atoms with Gasteiger partial charge in [-0.1, -0.05) is 25.1 Å². The van der Waals surface area contributed by atoms with Crippen molar-refractivity contribution in [2.45, 2.75) is 32.7 Å². The Hall–Kier alpha value is -0.400. The molecule has 1 aromatic carbocycles. The summed E-state index contributed by atoms with van der Waals surface area (Å²) < 4.78 is 4.29. The molecule has 0 amide bonds. The molecule has 0 spiro atoms. The van der Waals surface area contributed by atoms with Crippen molar-refractivity contribution in [2.75, 3.05) is 0 Å². The van der Waals surface area contributed by atoms with E-state index in [1.54, 1.807) is 0 Å². The molecule has 0 radical (unpaired) electrons. The number of hydrogen-bond acceptors (Lipinski definition) is 2. The third-order valence-corrected chi connectivity index (χ3v) is 5.93. The fourth-order valence-electron chi connectivity index (χ4n) is 2.32. The highest BCUT2D eigenvalue weighted by molar-refractivity contribution is 14.1. The number of aromatic nitrogens is 2. The van der Waals surface area contributed by atoms with Crippen LogP contribution in [-0.4, -0.2) is 9.78 Å². The third-order valence-electron chi connectivity index (χ3n) is 3.54. The lowest BCUT2D eigenvalue weighted by Crippen LogP contribution is -2.17. The highest BCUT2D eigenvalue weighted by atomic mass is 127. The van der Waals surface area contributed by atoms with E-state index in [1.807, 2.05) is 11.7 Å². The predicted octanol–water partition coefficient (Wildman–Crippen LogP) is 3.90. The fourth-order valence-corrected chi connectivity index (χ4v) is 3.85. The molecular formula is C15H19BrIN3. The Bertz CT molecular complexity index is 622. The van der Waals surface area contributed by atoms with Crippen LogP contribution in [0.5, 0.6) is 0 Å². The van der Waals surface area contributed by atoms with Crippen molar-refractivity contribution >= 4 is 38.5 Å².